The van der Waals surface area contributed by atoms with Gasteiger partial charge in [0.05, 0.1) is 12.2 Å². The van der Waals surface area contributed by atoms with Crippen molar-refractivity contribution in [1.82, 2.24) is 0 Å². The molecule has 2 heteroatoms. The van der Waals surface area contributed by atoms with Gasteiger partial charge < -0.3 is 10.2 Å². The minimum Gasteiger partial charge on any atom is -0.392 e. The van der Waals surface area contributed by atoms with E-state index in [1.807, 2.05) is 6.08 Å². The number of hydrogen-bond donors (Lipinski definition) is 2. The Balaban J connectivity index is 0.000000320. The molecule has 0 spiro atoms. The number of aliphatic hydroxyl groups excluding tert-OH is 1. The van der Waals surface area contributed by atoms with Gasteiger partial charge in [0, 0.05) is 0 Å². The Kier molecular flexibility index (Phi) is 12.8. The van der Waals surface area contributed by atoms with Gasteiger partial charge in [0.25, 0.3) is 0 Å². The average Bonchev–Trinajstić information content (AvgIpc) is 2.67. The summed E-state index contributed by atoms with van der Waals surface area (Å²) >= 11 is 0. The van der Waals surface area contributed by atoms with E-state index in [1.54, 1.807) is 0 Å². The van der Waals surface area contributed by atoms with Gasteiger partial charge >= 0.3 is 0 Å². The van der Waals surface area contributed by atoms with Gasteiger partial charge in [0.1, 0.15) is 0 Å². The van der Waals surface area contributed by atoms with Crippen LogP contribution in [0, 0.1) is 23.7 Å². The van der Waals surface area contributed by atoms with Gasteiger partial charge in [-0.25, -0.2) is 0 Å². The Morgan fingerprint density at radius 3 is 2.19 bits per heavy atom. The van der Waals surface area contributed by atoms with Crippen molar-refractivity contribution in [2.24, 2.45) is 23.7 Å². The van der Waals surface area contributed by atoms with E-state index in [0.717, 1.165) is 43.9 Å². The van der Waals surface area contributed by atoms with Crippen molar-refractivity contribution in [3.63, 3.8) is 0 Å². The van der Waals surface area contributed by atoms with E-state index in [-0.39, 0.29) is 6.61 Å². The first-order chi connectivity index (χ1) is 15.0. The van der Waals surface area contributed by atoms with Crippen LogP contribution in [0.3, 0.4) is 0 Å². The molecule has 0 aromatic rings. The lowest BCUT2D eigenvalue weighted by Crippen LogP contribution is -2.48. The predicted octanol–water partition coefficient (Wildman–Crippen LogP) is 8.17. The van der Waals surface area contributed by atoms with E-state index in [2.05, 4.69) is 73.6 Å². The van der Waals surface area contributed by atoms with Crippen LogP contribution in [0.5, 0.6) is 0 Å². The quantitative estimate of drug-likeness (QED) is 0.371. The summed E-state index contributed by atoms with van der Waals surface area (Å²) in [5.41, 5.74) is 5.25. The number of fused-ring (bicyclic) bond motifs is 1. The Bertz CT molecular complexity index is 671. The van der Waals surface area contributed by atoms with Crippen LogP contribution < -0.4 is 0 Å². The van der Waals surface area contributed by atoms with Crippen molar-refractivity contribution in [2.75, 3.05) is 6.61 Å². The maximum absolute atomic E-state index is 10.5. The van der Waals surface area contributed by atoms with Gasteiger partial charge in [0.2, 0.25) is 0 Å². The standard InChI is InChI=1S/2C15H26O/c1-10(2)12-7-8-15(4,16)14-6-5-11(3)9-13(12)14;1-13(2)7-5-8-14(3)9-6-10-15(4)11-12-16/h9-10,12-14,16H,5-8H2,1-4H3;7,9,11,16H,5-6,8,10,12H2,1-4H3/b;14-9+,15-11+. The highest BCUT2D eigenvalue weighted by Gasteiger charge is 2.46. The number of hydrogen-bond acceptors (Lipinski definition) is 2. The lowest BCUT2D eigenvalue weighted by Gasteiger charge is -2.49. The third kappa shape index (κ3) is 10.2. The number of rotatable bonds is 8. The molecule has 0 heterocycles. The van der Waals surface area contributed by atoms with Gasteiger partial charge in [-0.05, 0) is 117 Å². The first-order valence-corrected chi connectivity index (χ1v) is 12.9. The lowest BCUT2D eigenvalue weighted by molar-refractivity contribution is -0.0807. The Labute approximate surface area is 199 Å². The van der Waals surface area contributed by atoms with E-state index in [9.17, 15) is 5.11 Å². The van der Waals surface area contributed by atoms with E-state index in [0.29, 0.717) is 11.8 Å². The second-order valence-corrected chi connectivity index (χ2v) is 11.2. The van der Waals surface area contributed by atoms with Crippen molar-refractivity contribution in [3.05, 3.63) is 46.6 Å². The van der Waals surface area contributed by atoms with Crippen LogP contribution in [0.25, 0.3) is 0 Å². The minimum absolute atomic E-state index is 0.162. The number of aliphatic hydroxyl groups is 2. The molecule has 0 saturated heterocycles. The summed E-state index contributed by atoms with van der Waals surface area (Å²) in [6.45, 7) is 17.7. The number of allylic oxidation sites excluding steroid dienone is 7. The molecule has 2 rings (SSSR count). The molecule has 0 aromatic carbocycles. The molecular formula is C30H52O2. The van der Waals surface area contributed by atoms with Gasteiger partial charge in [0.15, 0.2) is 0 Å². The van der Waals surface area contributed by atoms with Gasteiger partial charge in [-0.15, -0.1) is 0 Å². The van der Waals surface area contributed by atoms with E-state index < -0.39 is 5.60 Å². The maximum atomic E-state index is 10.5. The summed E-state index contributed by atoms with van der Waals surface area (Å²) in [5.74, 6) is 2.64. The summed E-state index contributed by atoms with van der Waals surface area (Å²) in [6, 6.07) is 0. The summed E-state index contributed by atoms with van der Waals surface area (Å²) < 4.78 is 0. The zero-order valence-corrected chi connectivity index (χ0v) is 22.4. The normalized spacial score (nSPS) is 28.5. The molecular weight excluding hydrogens is 392 g/mol. The molecule has 0 aliphatic heterocycles. The third-order valence-corrected chi connectivity index (χ3v) is 7.49. The van der Waals surface area contributed by atoms with Crippen molar-refractivity contribution >= 4 is 0 Å². The van der Waals surface area contributed by atoms with Crippen LogP contribution in [0.15, 0.2) is 46.6 Å². The topological polar surface area (TPSA) is 40.5 Å². The molecule has 4 atom stereocenters. The molecule has 0 aromatic heterocycles. The van der Waals surface area contributed by atoms with Crippen LogP contribution in [-0.2, 0) is 0 Å². The van der Waals surface area contributed by atoms with Crippen molar-refractivity contribution < 1.29 is 10.2 Å². The Morgan fingerprint density at radius 1 is 1.03 bits per heavy atom. The molecule has 0 bridgehead atoms. The fraction of sp³-hybridized carbons (Fsp3) is 0.733. The molecule has 1 fully saturated rings. The van der Waals surface area contributed by atoms with E-state index >= 15 is 0 Å². The van der Waals surface area contributed by atoms with Crippen LogP contribution in [0.1, 0.15) is 107 Å². The van der Waals surface area contributed by atoms with E-state index in [4.69, 9.17) is 5.11 Å². The smallest absolute Gasteiger partial charge is 0.0653 e. The van der Waals surface area contributed by atoms with Gasteiger partial charge in [-0.2, -0.15) is 0 Å². The van der Waals surface area contributed by atoms with Crippen molar-refractivity contribution in [1.29, 1.82) is 0 Å². The first-order valence-electron chi connectivity index (χ1n) is 12.9. The summed E-state index contributed by atoms with van der Waals surface area (Å²) in [6.07, 6.45) is 17.9. The Hall–Kier alpha value is -1.12. The van der Waals surface area contributed by atoms with Crippen LogP contribution in [-0.4, -0.2) is 22.4 Å². The first kappa shape index (κ1) is 28.9. The molecule has 32 heavy (non-hydrogen) atoms. The average molecular weight is 445 g/mol. The van der Waals surface area contributed by atoms with Crippen molar-refractivity contribution in [2.45, 2.75) is 112 Å². The summed E-state index contributed by atoms with van der Waals surface area (Å²) in [5, 5.41) is 19.2. The zero-order valence-electron chi connectivity index (χ0n) is 22.4. The Morgan fingerprint density at radius 2 is 1.62 bits per heavy atom. The second-order valence-electron chi connectivity index (χ2n) is 11.2. The molecule has 0 amide bonds. The fourth-order valence-corrected chi connectivity index (χ4v) is 5.36. The second kappa shape index (κ2) is 14.2. The summed E-state index contributed by atoms with van der Waals surface area (Å²) in [7, 11) is 0. The molecule has 2 aliphatic carbocycles. The van der Waals surface area contributed by atoms with Crippen LogP contribution >= 0.6 is 0 Å². The van der Waals surface area contributed by atoms with Gasteiger partial charge in [-0.1, -0.05) is 60.4 Å². The molecule has 1 saturated carbocycles. The molecule has 4 unspecified atom stereocenters. The SMILES string of the molecule is CC(C)=CCC/C(C)=C/CC/C(C)=C/CO.CC1=CC2C(C(C)C)CCC(C)(O)C2CC1. The zero-order chi connectivity index (χ0) is 24.3. The molecule has 2 N–H and O–H groups in total. The lowest BCUT2D eigenvalue weighted by atomic mass is 9.58. The third-order valence-electron chi connectivity index (χ3n) is 7.49. The highest BCUT2D eigenvalue weighted by molar-refractivity contribution is 5.13. The largest absolute Gasteiger partial charge is 0.392 e. The van der Waals surface area contributed by atoms with Crippen LogP contribution in [0.2, 0.25) is 0 Å². The highest BCUT2D eigenvalue weighted by atomic mass is 16.3. The fourth-order valence-electron chi connectivity index (χ4n) is 5.36. The van der Waals surface area contributed by atoms with Crippen LogP contribution in [0.4, 0.5) is 0 Å². The van der Waals surface area contributed by atoms with E-state index in [1.165, 1.54) is 41.6 Å². The molecule has 2 aliphatic rings. The monoisotopic (exact) mass is 444 g/mol. The van der Waals surface area contributed by atoms with Gasteiger partial charge in [-0.3, -0.25) is 0 Å². The van der Waals surface area contributed by atoms with Crippen molar-refractivity contribution in [3.8, 4) is 0 Å². The highest BCUT2D eigenvalue weighted by Crippen LogP contribution is 2.49. The molecule has 184 valence electrons. The minimum atomic E-state index is -0.423. The predicted molar refractivity (Wildman–Crippen MR) is 141 cm³/mol. The summed E-state index contributed by atoms with van der Waals surface area (Å²) in [4.78, 5) is 0. The maximum Gasteiger partial charge on any atom is 0.0653 e. The molecule has 0 radical (unpaired) electrons. The molecule has 2 nitrogen and oxygen atoms in total.